The first-order valence-corrected chi connectivity index (χ1v) is 7.18. The van der Waals surface area contributed by atoms with Gasteiger partial charge in [0.1, 0.15) is 6.54 Å². The van der Waals surface area contributed by atoms with Crippen LogP contribution in [0.25, 0.3) is 6.08 Å². The van der Waals surface area contributed by atoms with Gasteiger partial charge in [-0.25, -0.2) is 8.42 Å². The molecule has 0 atom stereocenters. The molecule has 0 bridgehead atoms. The van der Waals surface area contributed by atoms with Crippen LogP contribution in [-0.2, 0) is 19.6 Å². The van der Waals surface area contributed by atoms with Crippen molar-refractivity contribution < 1.29 is 18.0 Å². The first-order chi connectivity index (χ1) is 8.92. The second-order valence-corrected chi connectivity index (χ2v) is 5.40. The molecule has 6 nitrogen and oxygen atoms in total. The molecule has 0 spiro atoms. The molecule has 1 amide bonds. The molecule has 0 saturated carbocycles. The molecule has 0 saturated heterocycles. The molecule has 0 aromatic heterocycles. The van der Waals surface area contributed by atoms with E-state index in [1.165, 1.54) is 18.4 Å². The maximum absolute atomic E-state index is 11.7. The number of benzene rings is 1. The Labute approximate surface area is 111 Å². The van der Waals surface area contributed by atoms with Crippen LogP contribution in [0.5, 0.6) is 0 Å². The molecular formula is C12H13N2O4S. The molecule has 19 heavy (non-hydrogen) atoms. The van der Waals surface area contributed by atoms with Crippen molar-refractivity contribution in [2.24, 2.45) is 0 Å². The largest absolute Gasteiger partial charge is 0.289 e. The summed E-state index contributed by atoms with van der Waals surface area (Å²) in [5, 5.41) is 0.668. The lowest BCUT2D eigenvalue weighted by molar-refractivity contribution is -0.126. The van der Waals surface area contributed by atoms with Crippen LogP contribution < -0.4 is 4.83 Å². The molecule has 101 valence electrons. The Balaban J connectivity index is 2.77. The molecule has 7 heteroatoms. The van der Waals surface area contributed by atoms with Gasteiger partial charge in [-0.05, 0) is 11.6 Å². The molecule has 0 heterocycles. The van der Waals surface area contributed by atoms with E-state index in [0.29, 0.717) is 5.01 Å². The minimum Gasteiger partial charge on any atom is -0.289 e. The maximum Gasteiger partial charge on any atom is 0.261 e. The predicted molar refractivity (Wildman–Crippen MR) is 70.9 cm³/mol. The van der Waals surface area contributed by atoms with Crippen molar-refractivity contribution in [2.45, 2.75) is 0 Å². The number of hydrogen-bond acceptors (Lipinski definition) is 4. The average Bonchev–Trinajstić information content (AvgIpc) is 2.35. The fraction of sp³-hybridized carbons (Fsp3) is 0.167. The van der Waals surface area contributed by atoms with Crippen molar-refractivity contribution >= 4 is 28.3 Å². The van der Waals surface area contributed by atoms with Gasteiger partial charge >= 0.3 is 0 Å². The number of carbonyl (C=O) groups excluding carboxylic acids is 2. The number of hydrogen-bond donors (Lipinski definition) is 1. The van der Waals surface area contributed by atoms with Gasteiger partial charge in [0, 0.05) is 6.08 Å². The van der Waals surface area contributed by atoms with Gasteiger partial charge in [-0.1, -0.05) is 30.3 Å². The highest BCUT2D eigenvalue weighted by molar-refractivity contribution is 7.88. The Morgan fingerprint density at radius 3 is 2.53 bits per heavy atom. The van der Waals surface area contributed by atoms with Crippen LogP contribution in [0.2, 0.25) is 0 Å². The Kier molecular flexibility index (Phi) is 5.40. The lowest BCUT2D eigenvalue weighted by Crippen LogP contribution is -2.45. The summed E-state index contributed by atoms with van der Waals surface area (Å²) < 4.78 is 22.1. The number of sulfonamides is 1. The highest BCUT2D eigenvalue weighted by Gasteiger charge is 2.14. The zero-order valence-corrected chi connectivity index (χ0v) is 11.1. The Morgan fingerprint density at radius 1 is 1.37 bits per heavy atom. The van der Waals surface area contributed by atoms with Crippen LogP contribution in [0.1, 0.15) is 5.56 Å². The van der Waals surface area contributed by atoms with Gasteiger partial charge in [0.25, 0.3) is 5.91 Å². The molecular weight excluding hydrogens is 268 g/mol. The van der Waals surface area contributed by atoms with Gasteiger partial charge in [-0.3, -0.25) is 14.6 Å². The van der Waals surface area contributed by atoms with Crippen molar-refractivity contribution in [3.63, 3.8) is 0 Å². The van der Waals surface area contributed by atoms with Crippen LogP contribution in [0.3, 0.4) is 0 Å². The molecule has 0 fully saturated rings. The molecule has 0 aliphatic heterocycles. The van der Waals surface area contributed by atoms with Crippen molar-refractivity contribution in [1.29, 1.82) is 0 Å². The molecule has 1 aromatic carbocycles. The Morgan fingerprint density at radius 2 is 2.00 bits per heavy atom. The van der Waals surface area contributed by atoms with E-state index in [9.17, 15) is 18.0 Å². The molecule has 1 N–H and O–H groups in total. The monoisotopic (exact) mass is 281 g/mol. The summed E-state index contributed by atoms with van der Waals surface area (Å²) in [7, 11) is -3.63. The van der Waals surface area contributed by atoms with Crippen LogP contribution in [0.15, 0.2) is 36.4 Å². The van der Waals surface area contributed by atoms with Crippen molar-refractivity contribution in [1.82, 2.24) is 9.84 Å². The average molecular weight is 281 g/mol. The lowest BCUT2D eigenvalue weighted by Gasteiger charge is -2.17. The van der Waals surface area contributed by atoms with E-state index >= 15 is 0 Å². The van der Waals surface area contributed by atoms with E-state index in [-0.39, 0.29) is 0 Å². The Bertz CT molecular complexity index is 567. The van der Waals surface area contributed by atoms with Crippen LogP contribution >= 0.6 is 0 Å². The lowest BCUT2D eigenvalue weighted by atomic mass is 10.2. The van der Waals surface area contributed by atoms with Gasteiger partial charge in [-0.15, -0.1) is 4.83 Å². The smallest absolute Gasteiger partial charge is 0.261 e. The minimum atomic E-state index is -3.63. The number of amides is 1. The Hall–Kier alpha value is -1.99. The molecule has 0 unspecified atom stereocenters. The van der Waals surface area contributed by atoms with E-state index in [0.717, 1.165) is 11.8 Å². The number of hydrazine groups is 1. The fourth-order valence-electron chi connectivity index (χ4n) is 1.24. The SMILES string of the molecule is CS(=O)(=O)NN(C[C]=O)C(=O)/C=C/c1ccccc1. The normalized spacial score (nSPS) is 11.4. The van der Waals surface area contributed by atoms with Crippen molar-refractivity contribution in [3.05, 3.63) is 42.0 Å². The highest BCUT2D eigenvalue weighted by atomic mass is 32.2. The van der Waals surface area contributed by atoms with E-state index in [1.807, 2.05) is 10.9 Å². The number of nitrogens with zero attached hydrogens (tertiary/aromatic N) is 1. The molecule has 1 rings (SSSR count). The first kappa shape index (κ1) is 15.1. The highest BCUT2D eigenvalue weighted by Crippen LogP contribution is 2.01. The van der Waals surface area contributed by atoms with E-state index in [1.54, 1.807) is 24.3 Å². The van der Waals surface area contributed by atoms with Crippen LogP contribution in [0, 0.1) is 0 Å². The summed E-state index contributed by atoms with van der Waals surface area (Å²) in [6, 6.07) is 9.00. The molecule has 0 aliphatic rings. The third kappa shape index (κ3) is 5.94. The van der Waals surface area contributed by atoms with E-state index in [2.05, 4.69) is 0 Å². The fourth-order valence-corrected chi connectivity index (χ4v) is 1.80. The number of nitrogens with one attached hydrogen (secondary N) is 1. The van der Waals surface area contributed by atoms with Gasteiger partial charge in [-0.2, -0.15) is 0 Å². The summed E-state index contributed by atoms with van der Waals surface area (Å²) >= 11 is 0. The van der Waals surface area contributed by atoms with Crippen molar-refractivity contribution in [3.8, 4) is 0 Å². The summed E-state index contributed by atoms with van der Waals surface area (Å²) in [5.74, 6) is -0.655. The molecule has 1 aromatic rings. The first-order valence-electron chi connectivity index (χ1n) is 5.29. The van der Waals surface area contributed by atoms with Gasteiger partial charge in [0.05, 0.1) is 6.26 Å². The summed E-state index contributed by atoms with van der Waals surface area (Å²) in [4.78, 5) is 24.0. The van der Waals surface area contributed by atoms with Gasteiger partial charge in [0.2, 0.25) is 16.3 Å². The summed E-state index contributed by atoms with van der Waals surface area (Å²) in [6.45, 7) is -0.481. The number of carbonyl (C=O) groups is 1. The van der Waals surface area contributed by atoms with Gasteiger partial charge in [0.15, 0.2) is 0 Å². The van der Waals surface area contributed by atoms with Gasteiger partial charge < -0.3 is 0 Å². The third-order valence-corrected chi connectivity index (χ3v) is 2.53. The zero-order chi connectivity index (χ0) is 14.3. The summed E-state index contributed by atoms with van der Waals surface area (Å²) in [5.41, 5.74) is 0.783. The second kappa shape index (κ2) is 6.81. The molecule has 1 radical (unpaired) electrons. The van der Waals surface area contributed by atoms with Crippen molar-refractivity contribution in [2.75, 3.05) is 12.8 Å². The zero-order valence-electron chi connectivity index (χ0n) is 10.2. The quantitative estimate of drug-likeness (QED) is 0.592. The maximum atomic E-state index is 11.7. The minimum absolute atomic E-state index is 0.481. The summed E-state index contributed by atoms with van der Waals surface area (Å²) in [6.07, 6.45) is 5.04. The third-order valence-electron chi connectivity index (χ3n) is 1.98. The topological polar surface area (TPSA) is 83.6 Å². The van der Waals surface area contributed by atoms with Crippen LogP contribution in [0.4, 0.5) is 0 Å². The van der Waals surface area contributed by atoms with E-state index in [4.69, 9.17) is 0 Å². The molecule has 0 aliphatic carbocycles. The standard InChI is InChI=1S/C12H13N2O4S/c1-19(17,18)13-14(9-10-15)12(16)8-7-11-5-3-2-4-6-11/h2-8,13H,9H2,1H3/b8-7+. The second-order valence-electron chi connectivity index (χ2n) is 3.68. The van der Waals surface area contributed by atoms with E-state index < -0.39 is 22.5 Å². The number of rotatable bonds is 6. The van der Waals surface area contributed by atoms with Crippen LogP contribution in [-0.4, -0.2) is 38.4 Å². The predicted octanol–water partition coefficient (Wildman–Crippen LogP) is 0.102.